The average Bonchev–Trinajstić information content (AvgIpc) is 2.49. The second-order valence-electron chi connectivity index (χ2n) is 5.30. The molecule has 1 aliphatic heterocycles. The summed E-state index contributed by atoms with van der Waals surface area (Å²) in [5.41, 5.74) is 0.369. The molecule has 0 unspecified atom stereocenters. The number of carbonyl (C=O) groups excluding carboxylic acids is 1. The molecule has 1 heterocycles. The van der Waals surface area contributed by atoms with Gasteiger partial charge in [0.2, 0.25) is 0 Å². The van der Waals surface area contributed by atoms with Crippen LogP contribution in [0.4, 0.5) is 0 Å². The van der Waals surface area contributed by atoms with E-state index in [0.717, 1.165) is 0 Å². The van der Waals surface area contributed by atoms with Gasteiger partial charge in [-0.3, -0.25) is 9.59 Å². The van der Waals surface area contributed by atoms with Crippen molar-refractivity contribution in [2.45, 2.75) is 19.3 Å². The number of ether oxygens (including phenoxy) is 1. The van der Waals surface area contributed by atoms with Crippen molar-refractivity contribution in [2.75, 3.05) is 20.2 Å². The molecule has 1 aromatic rings. The number of benzene rings is 1. The molecular weight excluding hydrogens is 329 g/mol. The Morgan fingerprint density at radius 2 is 1.86 bits per heavy atom. The zero-order valence-corrected chi connectivity index (χ0v) is 13.7. The molecule has 1 N–H and O–H groups in total. The Morgan fingerprint density at radius 3 is 2.41 bits per heavy atom. The third-order valence-corrected chi connectivity index (χ3v) is 4.56. The minimum atomic E-state index is -0.795. The number of piperidine rings is 1. The van der Waals surface area contributed by atoms with Gasteiger partial charge in [-0.25, -0.2) is 0 Å². The van der Waals surface area contributed by atoms with Crippen molar-refractivity contribution in [1.29, 1.82) is 0 Å². The summed E-state index contributed by atoms with van der Waals surface area (Å²) >= 11 is 11.9. The summed E-state index contributed by atoms with van der Waals surface area (Å²) in [5, 5.41) is 9.45. The summed E-state index contributed by atoms with van der Waals surface area (Å²) in [7, 11) is 1.47. The molecule has 2 rings (SSSR count). The average molecular weight is 346 g/mol. The lowest BCUT2D eigenvalue weighted by Crippen LogP contribution is -2.39. The van der Waals surface area contributed by atoms with Crippen LogP contribution in [0.5, 0.6) is 5.75 Å². The van der Waals surface area contributed by atoms with Gasteiger partial charge in [0.25, 0.3) is 5.91 Å². The van der Waals surface area contributed by atoms with Crippen LogP contribution in [0.15, 0.2) is 12.1 Å². The van der Waals surface area contributed by atoms with Crippen LogP contribution in [0.2, 0.25) is 10.0 Å². The molecule has 0 aliphatic carbocycles. The van der Waals surface area contributed by atoms with Crippen molar-refractivity contribution < 1.29 is 19.4 Å². The van der Waals surface area contributed by atoms with Crippen LogP contribution in [0, 0.1) is 5.92 Å². The van der Waals surface area contributed by atoms with Crippen LogP contribution in [0.3, 0.4) is 0 Å². The third-order valence-electron chi connectivity index (χ3n) is 3.84. The van der Waals surface area contributed by atoms with Crippen molar-refractivity contribution in [3.8, 4) is 5.75 Å². The second-order valence-corrected chi connectivity index (χ2v) is 6.11. The Labute approximate surface area is 138 Å². The van der Waals surface area contributed by atoms with Crippen LogP contribution >= 0.6 is 23.2 Å². The fourth-order valence-corrected chi connectivity index (χ4v) is 2.94. The van der Waals surface area contributed by atoms with Gasteiger partial charge in [0, 0.05) is 25.6 Å². The van der Waals surface area contributed by atoms with Gasteiger partial charge in [-0.2, -0.15) is 0 Å². The first-order valence-corrected chi connectivity index (χ1v) is 7.72. The number of hydrogen-bond acceptors (Lipinski definition) is 3. The molecule has 1 saturated heterocycles. The SMILES string of the molecule is COc1cc(Cl)c(Cl)cc1C(=O)N1CCC(CC(=O)O)CC1. The van der Waals surface area contributed by atoms with Crippen LogP contribution < -0.4 is 4.74 Å². The first-order valence-electron chi connectivity index (χ1n) is 6.96. The van der Waals surface area contributed by atoms with Gasteiger partial charge < -0.3 is 14.7 Å². The van der Waals surface area contributed by atoms with Crippen molar-refractivity contribution in [1.82, 2.24) is 4.90 Å². The summed E-state index contributed by atoms with van der Waals surface area (Å²) in [6.07, 6.45) is 1.52. The lowest BCUT2D eigenvalue weighted by atomic mass is 9.93. The molecule has 120 valence electrons. The van der Waals surface area contributed by atoms with Gasteiger partial charge in [-0.1, -0.05) is 23.2 Å². The monoisotopic (exact) mass is 345 g/mol. The molecule has 1 aliphatic rings. The van der Waals surface area contributed by atoms with E-state index < -0.39 is 5.97 Å². The number of carboxylic acid groups (broad SMARTS) is 1. The Kier molecular flexibility index (Phi) is 5.53. The maximum Gasteiger partial charge on any atom is 0.303 e. The number of aliphatic carboxylic acids is 1. The van der Waals surface area contributed by atoms with Gasteiger partial charge in [0.1, 0.15) is 5.75 Å². The molecule has 5 nitrogen and oxygen atoms in total. The van der Waals surface area contributed by atoms with E-state index in [2.05, 4.69) is 0 Å². The Hall–Kier alpha value is -1.46. The molecule has 22 heavy (non-hydrogen) atoms. The fourth-order valence-electron chi connectivity index (χ4n) is 2.62. The van der Waals surface area contributed by atoms with Gasteiger partial charge >= 0.3 is 5.97 Å². The van der Waals surface area contributed by atoms with E-state index in [4.69, 9.17) is 33.0 Å². The van der Waals surface area contributed by atoms with Gasteiger partial charge in [0.05, 0.1) is 22.7 Å². The molecule has 0 spiro atoms. The van der Waals surface area contributed by atoms with Crippen LogP contribution in [-0.2, 0) is 4.79 Å². The van der Waals surface area contributed by atoms with E-state index in [1.54, 1.807) is 4.90 Å². The largest absolute Gasteiger partial charge is 0.496 e. The Morgan fingerprint density at radius 1 is 1.27 bits per heavy atom. The quantitative estimate of drug-likeness (QED) is 0.908. The summed E-state index contributed by atoms with van der Waals surface area (Å²) in [4.78, 5) is 25.0. The zero-order chi connectivity index (χ0) is 16.3. The zero-order valence-electron chi connectivity index (χ0n) is 12.1. The number of amides is 1. The van der Waals surface area contributed by atoms with E-state index in [9.17, 15) is 9.59 Å². The van der Waals surface area contributed by atoms with E-state index in [0.29, 0.717) is 47.3 Å². The summed E-state index contributed by atoms with van der Waals surface area (Å²) in [6, 6.07) is 3.03. The Bertz CT molecular complexity index is 583. The lowest BCUT2D eigenvalue weighted by Gasteiger charge is -2.31. The Balaban J connectivity index is 2.10. The highest BCUT2D eigenvalue weighted by Gasteiger charge is 2.27. The molecule has 0 aromatic heterocycles. The van der Waals surface area contributed by atoms with Gasteiger partial charge in [-0.05, 0) is 24.8 Å². The molecule has 1 aromatic carbocycles. The molecule has 0 saturated carbocycles. The standard InChI is InChI=1S/C15H17Cl2NO4/c1-22-13-8-12(17)11(16)7-10(13)15(21)18-4-2-9(3-5-18)6-14(19)20/h7-9H,2-6H2,1H3,(H,19,20). The maximum atomic E-state index is 12.6. The number of hydrogen-bond donors (Lipinski definition) is 1. The first-order chi connectivity index (χ1) is 10.4. The van der Waals surface area contributed by atoms with E-state index >= 15 is 0 Å². The van der Waals surface area contributed by atoms with Gasteiger partial charge in [-0.15, -0.1) is 0 Å². The van der Waals surface area contributed by atoms with Crippen molar-refractivity contribution in [3.05, 3.63) is 27.7 Å². The minimum absolute atomic E-state index is 0.122. The highest BCUT2D eigenvalue weighted by molar-refractivity contribution is 6.42. The molecule has 0 atom stereocenters. The number of halogens is 2. The molecule has 7 heteroatoms. The molecular formula is C15H17Cl2NO4. The smallest absolute Gasteiger partial charge is 0.303 e. The highest BCUT2D eigenvalue weighted by atomic mass is 35.5. The van der Waals surface area contributed by atoms with Crippen molar-refractivity contribution in [2.24, 2.45) is 5.92 Å². The number of likely N-dealkylation sites (tertiary alicyclic amines) is 1. The van der Waals surface area contributed by atoms with Crippen LogP contribution in [0.25, 0.3) is 0 Å². The first kappa shape index (κ1) is 16.9. The summed E-state index contributed by atoms with van der Waals surface area (Å²) in [5.74, 6) is -0.468. The molecule has 0 radical (unpaired) electrons. The van der Waals surface area contributed by atoms with E-state index in [1.807, 2.05) is 0 Å². The second kappa shape index (κ2) is 7.20. The maximum absolute atomic E-state index is 12.6. The third kappa shape index (κ3) is 3.84. The van der Waals surface area contributed by atoms with Gasteiger partial charge in [0.15, 0.2) is 0 Å². The van der Waals surface area contributed by atoms with E-state index in [1.165, 1.54) is 19.2 Å². The number of nitrogens with zero attached hydrogens (tertiary/aromatic N) is 1. The number of methoxy groups -OCH3 is 1. The van der Waals surface area contributed by atoms with E-state index in [-0.39, 0.29) is 18.2 Å². The number of carboxylic acids is 1. The van der Waals surface area contributed by atoms with Crippen molar-refractivity contribution in [3.63, 3.8) is 0 Å². The molecule has 1 fully saturated rings. The summed E-state index contributed by atoms with van der Waals surface area (Å²) < 4.78 is 5.20. The number of rotatable bonds is 4. The predicted molar refractivity (Wildman–Crippen MR) is 83.9 cm³/mol. The highest BCUT2D eigenvalue weighted by Crippen LogP contribution is 2.32. The van der Waals surface area contributed by atoms with Crippen LogP contribution in [0.1, 0.15) is 29.6 Å². The molecule has 1 amide bonds. The lowest BCUT2D eigenvalue weighted by molar-refractivity contribution is -0.138. The normalized spacial score (nSPS) is 15.7. The summed E-state index contributed by atoms with van der Waals surface area (Å²) in [6.45, 7) is 1.06. The topological polar surface area (TPSA) is 66.8 Å². The molecule has 0 bridgehead atoms. The number of carbonyl (C=O) groups is 2. The predicted octanol–water partition coefficient (Wildman–Crippen LogP) is 3.33. The minimum Gasteiger partial charge on any atom is -0.496 e. The van der Waals surface area contributed by atoms with Crippen LogP contribution in [-0.4, -0.2) is 42.1 Å². The fraction of sp³-hybridized carbons (Fsp3) is 0.467. The van der Waals surface area contributed by atoms with Crippen molar-refractivity contribution >= 4 is 35.1 Å².